The largest absolute Gasteiger partial charge is 0.494 e. The zero-order chi connectivity index (χ0) is 22.1. The minimum atomic E-state index is -3.69. The van der Waals surface area contributed by atoms with Crippen molar-refractivity contribution in [3.63, 3.8) is 0 Å². The first-order valence-electron chi connectivity index (χ1n) is 9.85. The maximum atomic E-state index is 13.2. The summed E-state index contributed by atoms with van der Waals surface area (Å²) in [6.45, 7) is 0.724. The van der Waals surface area contributed by atoms with E-state index in [1.807, 2.05) is 17.5 Å². The summed E-state index contributed by atoms with van der Waals surface area (Å²) in [5.41, 5.74) is 0.549. The van der Waals surface area contributed by atoms with Gasteiger partial charge in [-0.25, -0.2) is 8.42 Å². The quantitative estimate of drug-likeness (QED) is 0.414. The molecule has 1 fully saturated rings. The van der Waals surface area contributed by atoms with Crippen LogP contribution in [-0.2, 0) is 10.0 Å². The van der Waals surface area contributed by atoms with Crippen LogP contribution in [0.2, 0.25) is 0 Å². The van der Waals surface area contributed by atoms with Crippen molar-refractivity contribution in [3.05, 3.63) is 47.9 Å². The summed E-state index contributed by atoms with van der Waals surface area (Å²) >= 11 is 1.55. The summed E-state index contributed by atoms with van der Waals surface area (Å²) in [5.74, 6) is 1.51. The molecule has 0 amide bonds. The SMILES string of the molecule is COc1cc(S(=O)(=O)N2CCC(c3nc(-c4cccs4)no3)CC2)ccc1-n1cnnn1. The molecule has 0 saturated carbocycles. The standard InChI is InChI=1S/C19H19N7O4S2/c1-29-16-11-14(4-5-15(16)26-12-20-23-24-26)32(27,28)25-8-6-13(7-9-25)19-21-18(22-30-19)17-3-2-10-31-17/h2-5,10-13H,6-9H2,1H3. The predicted molar refractivity (Wildman–Crippen MR) is 114 cm³/mol. The third-order valence-electron chi connectivity index (χ3n) is 5.37. The van der Waals surface area contributed by atoms with Crippen LogP contribution in [0.5, 0.6) is 5.75 Å². The highest BCUT2D eigenvalue weighted by Gasteiger charge is 2.33. The lowest BCUT2D eigenvalue weighted by atomic mass is 9.98. The maximum Gasteiger partial charge on any atom is 0.243 e. The Balaban J connectivity index is 1.31. The molecular formula is C19H19N7O4S2. The number of hydrogen-bond donors (Lipinski definition) is 0. The highest BCUT2D eigenvalue weighted by molar-refractivity contribution is 7.89. The van der Waals surface area contributed by atoms with Crippen LogP contribution in [0, 0.1) is 0 Å². The molecule has 32 heavy (non-hydrogen) atoms. The second kappa shape index (κ2) is 8.41. The van der Waals surface area contributed by atoms with Crippen molar-refractivity contribution in [2.24, 2.45) is 0 Å². The number of thiophene rings is 1. The third-order valence-corrected chi connectivity index (χ3v) is 8.13. The van der Waals surface area contributed by atoms with Gasteiger partial charge in [-0.1, -0.05) is 11.2 Å². The van der Waals surface area contributed by atoms with E-state index >= 15 is 0 Å². The average molecular weight is 474 g/mol. The number of methoxy groups -OCH3 is 1. The fraction of sp³-hybridized carbons (Fsp3) is 0.316. The smallest absolute Gasteiger partial charge is 0.243 e. The van der Waals surface area contributed by atoms with E-state index in [0.29, 0.717) is 49.1 Å². The van der Waals surface area contributed by atoms with E-state index in [0.717, 1.165) is 4.88 Å². The summed E-state index contributed by atoms with van der Waals surface area (Å²) in [4.78, 5) is 5.61. The first kappa shape index (κ1) is 20.7. The summed E-state index contributed by atoms with van der Waals surface area (Å²) in [7, 11) is -2.22. The molecule has 5 rings (SSSR count). The zero-order valence-corrected chi connectivity index (χ0v) is 18.7. The van der Waals surface area contributed by atoms with Crippen molar-refractivity contribution in [2.45, 2.75) is 23.7 Å². The van der Waals surface area contributed by atoms with E-state index in [-0.39, 0.29) is 10.8 Å². The van der Waals surface area contributed by atoms with Gasteiger partial charge in [0.05, 0.1) is 16.9 Å². The van der Waals surface area contributed by atoms with Crippen molar-refractivity contribution < 1.29 is 17.7 Å². The van der Waals surface area contributed by atoms with Crippen LogP contribution in [-0.4, -0.2) is 63.3 Å². The minimum absolute atomic E-state index is 0.0272. The van der Waals surface area contributed by atoms with Crippen LogP contribution in [0.25, 0.3) is 16.4 Å². The van der Waals surface area contributed by atoms with Crippen molar-refractivity contribution in [1.82, 2.24) is 34.7 Å². The number of sulfonamides is 1. The van der Waals surface area contributed by atoms with Gasteiger partial charge >= 0.3 is 0 Å². The summed E-state index contributed by atoms with van der Waals surface area (Å²) in [6.07, 6.45) is 2.62. The summed E-state index contributed by atoms with van der Waals surface area (Å²) in [6, 6.07) is 8.52. The number of nitrogens with zero attached hydrogens (tertiary/aromatic N) is 7. The monoisotopic (exact) mass is 473 g/mol. The second-order valence-corrected chi connectivity index (χ2v) is 10.1. The van der Waals surface area contributed by atoms with E-state index in [1.54, 1.807) is 17.4 Å². The average Bonchev–Trinajstić information content (AvgIpc) is 3.60. The Bertz CT molecular complexity index is 1300. The van der Waals surface area contributed by atoms with Crippen molar-refractivity contribution >= 4 is 21.4 Å². The molecule has 3 aromatic heterocycles. The molecule has 1 aromatic carbocycles. The molecule has 166 valence electrons. The summed E-state index contributed by atoms with van der Waals surface area (Å²) in [5, 5.41) is 17.0. The molecule has 11 nitrogen and oxygen atoms in total. The Morgan fingerprint density at radius 1 is 1.22 bits per heavy atom. The van der Waals surface area contributed by atoms with E-state index in [2.05, 4.69) is 25.7 Å². The molecular weight excluding hydrogens is 454 g/mol. The Morgan fingerprint density at radius 2 is 2.06 bits per heavy atom. The van der Waals surface area contributed by atoms with Gasteiger partial charge in [-0.05, 0) is 46.8 Å². The molecule has 0 radical (unpaired) electrons. The van der Waals surface area contributed by atoms with Crippen LogP contribution in [0.15, 0.2) is 51.5 Å². The van der Waals surface area contributed by atoms with Crippen LogP contribution < -0.4 is 4.74 Å². The fourth-order valence-corrected chi connectivity index (χ4v) is 5.81. The van der Waals surface area contributed by atoms with E-state index in [9.17, 15) is 8.42 Å². The van der Waals surface area contributed by atoms with Crippen LogP contribution in [0.4, 0.5) is 0 Å². The predicted octanol–water partition coefficient (Wildman–Crippen LogP) is 2.35. The molecule has 4 heterocycles. The highest BCUT2D eigenvalue weighted by Crippen LogP contribution is 2.33. The van der Waals surface area contributed by atoms with Crippen molar-refractivity contribution in [1.29, 1.82) is 0 Å². The first-order valence-corrected chi connectivity index (χ1v) is 12.2. The van der Waals surface area contributed by atoms with Gasteiger partial charge in [0, 0.05) is 25.1 Å². The minimum Gasteiger partial charge on any atom is -0.494 e. The number of piperidine rings is 1. The van der Waals surface area contributed by atoms with Gasteiger partial charge < -0.3 is 9.26 Å². The lowest BCUT2D eigenvalue weighted by molar-refractivity contribution is 0.270. The Hall–Kier alpha value is -3.16. The van der Waals surface area contributed by atoms with Crippen LogP contribution in [0.1, 0.15) is 24.7 Å². The van der Waals surface area contributed by atoms with Crippen molar-refractivity contribution in [2.75, 3.05) is 20.2 Å². The van der Waals surface area contributed by atoms with E-state index in [1.165, 1.54) is 34.6 Å². The molecule has 13 heteroatoms. The molecule has 1 aliphatic rings. The van der Waals surface area contributed by atoms with Crippen molar-refractivity contribution in [3.8, 4) is 22.1 Å². The number of benzene rings is 1. The van der Waals surface area contributed by atoms with E-state index in [4.69, 9.17) is 9.26 Å². The lowest BCUT2D eigenvalue weighted by Gasteiger charge is -2.29. The zero-order valence-electron chi connectivity index (χ0n) is 17.0. The third kappa shape index (κ3) is 3.78. The maximum absolute atomic E-state index is 13.2. The fourth-order valence-electron chi connectivity index (χ4n) is 3.68. The van der Waals surface area contributed by atoms with Gasteiger partial charge in [-0.15, -0.1) is 16.4 Å². The molecule has 1 aliphatic heterocycles. The Kier molecular flexibility index (Phi) is 5.45. The van der Waals surface area contributed by atoms with Gasteiger partial charge in [-0.3, -0.25) is 0 Å². The molecule has 0 unspecified atom stereocenters. The molecule has 0 N–H and O–H groups in total. The number of tetrazole rings is 1. The topological polar surface area (TPSA) is 129 Å². The Morgan fingerprint density at radius 3 is 2.75 bits per heavy atom. The normalized spacial score (nSPS) is 15.8. The number of ether oxygens (including phenoxy) is 1. The van der Waals surface area contributed by atoms with Gasteiger partial charge in [0.1, 0.15) is 17.8 Å². The molecule has 4 aromatic rings. The molecule has 0 aliphatic carbocycles. The van der Waals surface area contributed by atoms with E-state index < -0.39 is 10.0 Å². The van der Waals surface area contributed by atoms with Crippen LogP contribution >= 0.6 is 11.3 Å². The summed E-state index contributed by atoms with van der Waals surface area (Å²) < 4.78 is 40.2. The number of hydrogen-bond acceptors (Lipinski definition) is 10. The second-order valence-electron chi connectivity index (χ2n) is 7.20. The molecule has 0 spiro atoms. The molecule has 0 bridgehead atoms. The van der Waals surface area contributed by atoms with Crippen LogP contribution in [0.3, 0.4) is 0 Å². The molecule has 0 atom stereocenters. The lowest BCUT2D eigenvalue weighted by Crippen LogP contribution is -2.38. The van der Waals surface area contributed by atoms with Gasteiger partial charge in [0.25, 0.3) is 0 Å². The highest BCUT2D eigenvalue weighted by atomic mass is 32.2. The Labute approximate surface area is 187 Å². The number of aromatic nitrogens is 6. The van der Waals surface area contributed by atoms with Gasteiger partial charge in [0.15, 0.2) is 0 Å². The molecule has 1 saturated heterocycles. The first-order chi connectivity index (χ1) is 15.6. The van der Waals surface area contributed by atoms with Gasteiger partial charge in [0.2, 0.25) is 21.7 Å². The number of rotatable bonds is 6. The van der Waals surface area contributed by atoms with Gasteiger partial charge in [-0.2, -0.15) is 14.0 Å².